The second-order valence-electron chi connectivity index (χ2n) is 12.0. The fourth-order valence-electron chi connectivity index (χ4n) is 7.21. The predicted octanol–water partition coefficient (Wildman–Crippen LogP) is 8.37. The van der Waals surface area contributed by atoms with E-state index >= 15 is 0 Å². The number of alkyl halides is 3. The molecule has 0 radical (unpaired) electrons. The maximum atomic E-state index is 14.0. The van der Waals surface area contributed by atoms with Gasteiger partial charge < -0.3 is 5.11 Å². The van der Waals surface area contributed by atoms with Crippen LogP contribution in [0.2, 0.25) is 0 Å². The van der Waals surface area contributed by atoms with Crippen LogP contribution in [0.25, 0.3) is 11.1 Å². The monoisotopic (exact) mass is 551 g/mol. The average molecular weight is 552 g/mol. The van der Waals surface area contributed by atoms with E-state index in [0.717, 1.165) is 55.6 Å². The van der Waals surface area contributed by atoms with Crippen LogP contribution in [-0.4, -0.2) is 29.1 Å². The number of halogens is 4. The first kappa shape index (κ1) is 27.0. The maximum absolute atomic E-state index is 14.0. The van der Waals surface area contributed by atoms with E-state index < -0.39 is 23.1 Å². The lowest BCUT2D eigenvalue weighted by Gasteiger charge is -2.41. The number of piperidine rings is 1. The molecule has 2 aliphatic carbocycles. The lowest BCUT2D eigenvalue weighted by Crippen LogP contribution is -2.40. The number of carboxylic acid groups (broad SMARTS) is 1. The topological polar surface area (TPSA) is 40.5 Å². The number of likely N-dealkylation sites (tertiary alicyclic amines) is 1. The highest BCUT2D eigenvalue weighted by atomic mass is 19.4. The summed E-state index contributed by atoms with van der Waals surface area (Å²) in [5, 5.41) is 10.5. The minimum Gasteiger partial charge on any atom is -0.481 e. The number of nitrogens with zero attached hydrogens (tertiary/aromatic N) is 1. The molecular weight excluding hydrogens is 518 g/mol. The summed E-state index contributed by atoms with van der Waals surface area (Å²) < 4.78 is 54.5. The number of hydrogen-bond acceptors (Lipinski definition) is 2. The molecule has 210 valence electrons. The predicted molar refractivity (Wildman–Crippen MR) is 145 cm³/mol. The second-order valence-corrected chi connectivity index (χ2v) is 12.0. The molecule has 3 aromatic carbocycles. The minimum atomic E-state index is -4.47. The lowest BCUT2D eigenvalue weighted by molar-refractivity contribution is -0.143. The highest BCUT2D eigenvalue weighted by molar-refractivity contribution is 5.87. The first-order valence-electron chi connectivity index (χ1n) is 14.2. The Morgan fingerprint density at radius 3 is 2.12 bits per heavy atom. The normalized spacial score (nSPS) is 20.9. The molecule has 0 bridgehead atoms. The summed E-state index contributed by atoms with van der Waals surface area (Å²) in [7, 11) is 0. The first-order chi connectivity index (χ1) is 19.1. The van der Waals surface area contributed by atoms with E-state index in [9.17, 15) is 27.5 Å². The molecule has 1 N–H and O–H groups in total. The Bertz CT molecular complexity index is 1390. The SMILES string of the molecule is O=C(O)C1(c2cccc(C(c3ccc(F)cc3)N3CCCC4(CC4)C3)c2-c2ccc(C(F)(F)F)cc2)CCCC1. The maximum Gasteiger partial charge on any atom is 0.416 e. The van der Waals surface area contributed by atoms with Crippen molar-refractivity contribution in [1.82, 2.24) is 4.90 Å². The van der Waals surface area contributed by atoms with Crippen LogP contribution in [0.15, 0.2) is 66.7 Å². The van der Waals surface area contributed by atoms with E-state index in [1.54, 1.807) is 12.1 Å². The fourth-order valence-corrected chi connectivity index (χ4v) is 7.21. The third-order valence-electron chi connectivity index (χ3n) is 9.47. The zero-order chi connectivity index (χ0) is 28.1. The van der Waals surface area contributed by atoms with Crippen molar-refractivity contribution in [3.8, 4) is 11.1 Å². The molecule has 3 aliphatic rings. The third kappa shape index (κ3) is 4.83. The van der Waals surface area contributed by atoms with E-state index in [-0.39, 0.29) is 17.3 Å². The number of aliphatic carboxylic acids is 1. The van der Waals surface area contributed by atoms with Crippen molar-refractivity contribution in [3.05, 3.63) is 94.8 Å². The number of carboxylic acids is 1. The molecule has 1 spiro atoms. The van der Waals surface area contributed by atoms with Crippen molar-refractivity contribution in [2.75, 3.05) is 13.1 Å². The highest BCUT2D eigenvalue weighted by Gasteiger charge is 2.48. The minimum absolute atomic E-state index is 0.288. The highest BCUT2D eigenvalue weighted by Crippen LogP contribution is 2.55. The van der Waals surface area contributed by atoms with Gasteiger partial charge in [0.25, 0.3) is 0 Å². The Morgan fingerprint density at radius 1 is 0.850 bits per heavy atom. The van der Waals surface area contributed by atoms with Gasteiger partial charge in [-0.15, -0.1) is 0 Å². The summed E-state index contributed by atoms with van der Waals surface area (Å²) in [4.78, 5) is 15.3. The Kier molecular flexibility index (Phi) is 6.76. The Balaban J connectivity index is 1.58. The molecule has 6 rings (SSSR count). The molecule has 0 amide bonds. The molecule has 40 heavy (non-hydrogen) atoms. The van der Waals surface area contributed by atoms with E-state index in [2.05, 4.69) is 4.90 Å². The van der Waals surface area contributed by atoms with Gasteiger partial charge in [0.2, 0.25) is 0 Å². The largest absolute Gasteiger partial charge is 0.481 e. The van der Waals surface area contributed by atoms with Crippen molar-refractivity contribution in [2.45, 2.75) is 69.0 Å². The molecule has 7 heteroatoms. The summed E-state index contributed by atoms with van der Waals surface area (Å²) in [6.07, 6.45) is 2.59. The molecule has 1 saturated heterocycles. The van der Waals surface area contributed by atoms with Gasteiger partial charge in [0, 0.05) is 6.54 Å². The van der Waals surface area contributed by atoms with E-state index in [1.807, 2.05) is 18.2 Å². The molecule has 1 unspecified atom stereocenters. The van der Waals surface area contributed by atoms with Gasteiger partial charge in [0.1, 0.15) is 5.82 Å². The van der Waals surface area contributed by atoms with Gasteiger partial charge in [-0.2, -0.15) is 13.2 Å². The summed E-state index contributed by atoms with van der Waals surface area (Å²) in [5.41, 5.74) is 2.08. The van der Waals surface area contributed by atoms with Crippen molar-refractivity contribution in [2.24, 2.45) is 5.41 Å². The van der Waals surface area contributed by atoms with Gasteiger partial charge in [0.05, 0.1) is 17.0 Å². The summed E-state index contributed by atoms with van der Waals surface area (Å²) in [6.45, 7) is 1.72. The van der Waals surface area contributed by atoms with Gasteiger partial charge >= 0.3 is 12.1 Å². The quantitative estimate of drug-likeness (QED) is 0.313. The van der Waals surface area contributed by atoms with Gasteiger partial charge in [-0.05, 0) is 103 Å². The van der Waals surface area contributed by atoms with E-state index in [0.29, 0.717) is 29.5 Å². The molecule has 3 fully saturated rings. The molecule has 3 nitrogen and oxygen atoms in total. The van der Waals surface area contributed by atoms with Crippen LogP contribution in [0.1, 0.15) is 79.7 Å². The second kappa shape index (κ2) is 10.0. The van der Waals surface area contributed by atoms with E-state index in [1.165, 1.54) is 43.5 Å². The van der Waals surface area contributed by atoms with Crippen LogP contribution in [0, 0.1) is 11.2 Å². The Morgan fingerprint density at radius 2 is 1.52 bits per heavy atom. The molecule has 0 aromatic heterocycles. The molecule has 1 atom stereocenters. The zero-order valence-corrected chi connectivity index (χ0v) is 22.3. The van der Waals surface area contributed by atoms with Crippen molar-refractivity contribution >= 4 is 5.97 Å². The number of hydrogen-bond donors (Lipinski definition) is 1. The Labute approximate surface area is 231 Å². The standard InChI is InChI=1S/C33H33F4NO2/c34-25-13-9-23(10-14-25)29(38-20-4-15-31(21-38)18-19-31)26-5-3-6-27(32(30(39)40)16-1-2-17-32)28(26)22-7-11-24(12-8-22)33(35,36)37/h3,5-14,29H,1-2,4,15-21H2,(H,39,40). The molecule has 2 saturated carbocycles. The third-order valence-corrected chi connectivity index (χ3v) is 9.47. The van der Waals surface area contributed by atoms with Gasteiger partial charge in [-0.25, -0.2) is 4.39 Å². The van der Waals surface area contributed by atoms with Crippen LogP contribution < -0.4 is 0 Å². The van der Waals surface area contributed by atoms with Crippen LogP contribution in [0.5, 0.6) is 0 Å². The molecule has 1 aliphatic heterocycles. The fraction of sp³-hybridized carbons (Fsp3) is 0.424. The van der Waals surface area contributed by atoms with Gasteiger partial charge in [-0.3, -0.25) is 9.69 Å². The average Bonchev–Trinajstić information content (AvgIpc) is 3.47. The summed E-state index contributed by atoms with van der Waals surface area (Å²) >= 11 is 0. The smallest absolute Gasteiger partial charge is 0.416 e. The van der Waals surface area contributed by atoms with Crippen molar-refractivity contribution in [3.63, 3.8) is 0 Å². The first-order valence-corrected chi connectivity index (χ1v) is 14.2. The van der Waals surface area contributed by atoms with E-state index in [4.69, 9.17) is 0 Å². The lowest BCUT2D eigenvalue weighted by atomic mass is 9.73. The van der Waals surface area contributed by atoms with Crippen LogP contribution >= 0.6 is 0 Å². The van der Waals surface area contributed by atoms with Crippen molar-refractivity contribution in [1.29, 1.82) is 0 Å². The zero-order valence-electron chi connectivity index (χ0n) is 22.3. The Hall–Kier alpha value is -3.19. The van der Waals surface area contributed by atoms with Crippen LogP contribution in [-0.2, 0) is 16.4 Å². The number of rotatable bonds is 6. The van der Waals surface area contributed by atoms with Crippen LogP contribution in [0.3, 0.4) is 0 Å². The molecular formula is C33H33F4NO2. The van der Waals surface area contributed by atoms with Crippen LogP contribution in [0.4, 0.5) is 17.6 Å². The van der Waals surface area contributed by atoms with Gasteiger partial charge in [0.15, 0.2) is 0 Å². The number of carbonyl (C=O) groups is 1. The summed E-state index contributed by atoms with van der Waals surface area (Å²) in [6, 6.07) is 16.9. The summed E-state index contributed by atoms with van der Waals surface area (Å²) in [5.74, 6) is -1.24. The van der Waals surface area contributed by atoms with Crippen molar-refractivity contribution < 1.29 is 27.5 Å². The number of benzene rings is 3. The molecule has 1 heterocycles. The van der Waals surface area contributed by atoms with Gasteiger partial charge in [-0.1, -0.05) is 55.3 Å². The molecule has 3 aromatic rings.